The number of amides is 2. The van der Waals surface area contributed by atoms with Crippen LogP contribution in [0.5, 0.6) is 0 Å². The molecule has 0 spiro atoms. The lowest BCUT2D eigenvalue weighted by Crippen LogP contribution is -2.42. The van der Waals surface area contributed by atoms with E-state index in [0.29, 0.717) is 18.2 Å². The molecule has 11 nitrogen and oxygen atoms in total. The van der Waals surface area contributed by atoms with Gasteiger partial charge in [-0.05, 0) is 85.5 Å². The molecule has 0 aliphatic carbocycles. The van der Waals surface area contributed by atoms with Crippen molar-refractivity contribution < 1.29 is 19.1 Å². The lowest BCUT2D eigenvalue weighted by atomic mass is 9.82. The van der Waals surface area contributed by atoms with E-state index in [-0.39, 0.29) is 24.2 Å². The molecule has 2 amide bonds. The Hall–Kier alpha value is -5.26. The van der Waals surface area contributed by atoms with Crippen molar-refractivity contribution in [2.24, 2.45) is 0 Å². The second-order valence-electron chi connectivity index (χ2n) is 14.4. The average Bonchev–Trinajstić information content (AvgIpc) is 4.04. The lowest BCUT2D eigenvalue weighted by molar-refractivity contribution is -0.134. The van der Waals surface area contributed by atoms with Gasteiger partial charge in [-0.25, -0.2) is 14.8 Å². The number of carbonyl (C=O) groups excluding carboxylic acids is 2. The van der Waals surface area contributed by atoms with Gasteiger partial charge in [-0.15, -0.1) is 0 Å². The largest absolute Gasteiger partial charge is 0.453 e. The number of benzene rings is 3. The van der Waals surface area contributed by atoms with E-state index in [4.69, 9.17) is 19.4 Å². The maximum Gasteiger partial charge on any atom is 0.407 e. The molecule has 11 heteroatoms. The number of methoxy groups -OCH3 is 1. The van der Waals surface area contributed by atoms with Crippen LogP contribution >= 0.6 is 0 Å². The van der Waals surface area contributed by atoms with Gasteiger partial charge >= 0.3 is 6.09 Å². The summed E-state index contributed by atoms with van der Waals surface area (Å²) < 4.78 is 11.4. The monoisotopic (exact) mass is 697 g/mol. The Morgan fingerprint density at radius 1 is 0.788 bits per heavy atom. The van der Waals surface area contributed by atoms with Gasteiger partial charge in [0.05, 0.1) is 55.2 Å². The molecule has 5 aromatic rings. The highest BCUT2D eigenvalue weighted by molar-refractivity contribution is 5.87. The first-order valence-electron chi connectivity index (χ1n) is 18.4. The molecular formula is C41H43N7O4. The van der Waals surface area contributed by atoms with E-state index in [1.807, 2.05) is 47.6 Å². The molecule has 3 saturated heterocycles. The third kappa shape index (κ3) is 5.68. The quantitative estimate of drug-likeness (QED) is 0.153. The van der Waals surface area contributed by atoms with Crippen LogP contribution in [0.1, 0.15) is 97.2 Å². The van der Waals surface area contributed by atoms with Crippen molar-refractivity contribution in [1.29, 1.82) is 0 Å². The number of likely N-dealkylation sites (tertiary alicyclic amines) is 2. The SMILES string of the molecule is COC(=O)N[C@H](C(=O)N1CCC[C@H]1c1ncc(-c2ccc(-c3ccc(-c4cnc(C5CCCN5C)[nH]4)c4c3C3CCC4O3)cc2)[nH]1)c1ccccc1. The predicted molar refractivity (Wildman–Crippen MR) is 196 cm³/mol. The van der Waals surface area contributed by atoms with Gasteiger partial charge < -0.3 is 29.7 Å². The smallest absolute Gasteiger partial charge is 0.407 e. The third-order valence-corrected chi connectivity index (χ3v) is 11.5. The Bertz CT molecular complexity index is 2110. The summed E-state index contributed by atoms with van der Waals surface area (Å²) in [5.41, 5.74) is 9.84. The summed E-state index contributed by atoms with van der Waals surface area (Å²) in [7, 11) is 3.47. The van der Waals surface area contributed by atoms with Gasteiger partial charge in [0.25, 0.3) is 5.91 Å². The van der Waals surface area contributed by atoms with E-state index < -0.39 is 12.1 Å². The second kappa shape index (κ2) is 13.4. The van der Waals surface area contributed by atoms with Crippen molar-refractivity contribution in [2.45, 2.75) is 68.9 Å². The van der Waals surface area contributed by atoms with Gasteiger partial charge in [0, 0.05) is 12.1 Å². The number of ether oxygens (including phenoxy) is 2. The highest BCUT2D eigenvalue weighted by atomic mass is 16.5. The van der Waals surface area contributed by atoms with E-state index in [1.54, 1.807) is 0 Å². The number of rotatable bonds is 8. The number of carbonyl (C=O) groups is 2. The molecule has 4 aliphatic heterocycles. The fourth-order valence-corrected chi connectivity index (χ4v) is 8.85. The zero-order valence-electron chi connectivity index (χ0n) is 29.5. The summed E-state index contributed by atoms with van der Waals surface area (Å²) in [6.07, 6.45) is 9.44. The molecule has 2 aromatic heterocycles. The standard InChI is InChI=1S/C41H43N7O4/c1-47-20-6-10-31(47)38-43-23-30(45-38)28-17-16-27(35-33-18-19-34(52-33)36(28)35)24-12-14-25(15-13-24)29-22-42-39(44-29)32-11-7-21-48(32)40(49)37(46-41(50)51-2)26-8-4-3-5-9-26/h3-5,8-9,12-17,22-23,31-34,37H,6-7,10-11,18-21H2,1-2H3,(H,42,44)(H,43,45)(H,46,50)/t31?,32-,33?,34?,37-/m0/s1. The van der Waals surface area contributed by atoms with E-state index in [1.165, 1.54) is 35.8 Å². The van der Waals surface area contributed by atoms with Crippen LogP contribution in [0.4, 0.5) is 4.79 Å². The maximum absolute atomic E-state index is 13.9. The summed E-state index contributed by atoms with van der Waals surface area (Å²) in [5, 5.41) is 2.73. The van der Waals surface area contributed by atoms with Crippen LogP contribution in [-0.2, 0) is 14.3 Å². The molecule has 0 saturated carbocycles. The van der Waals surface area contributed by atoms with Crippen molar-refractivity contribution >= 4 is 12.0 Å². The molecule has 3 unspecified atom stereocenters. The predicted octanol–water partition coefficient (Wildman–Crippen LogP) is 7.57. The summed E-state index contributed by atoms with van der Waals surface area (Å²) >= 11 is 0. The molecule has 3 N–H and O–H groups in total. The molecule has 3 aromatic carbocycles. The second-order valence-corrected chi connectivity index (χ2v) is 14.4. The van der Waals surface area contributed by atoms with Crippen LogP contribution in [0.15, 0.2) is 79.1 Å². The maximum atomic E-state index is 13.9. The number of fused-ring (bicyclic) bond motifs is 5. The number of hydrogen-bond acceptors (Lipinski definition) is 7. The van der Waals surface area contributed by atoms with Gasteiger partial charge in [0.2, 0.25) is 0 Å². The van der Waals surface area contributed by atoms with E-state index >= 15 is 0 Å². The number of aromatic nitrogens is 4. The summed E-state index contributed by atoms with van der Waals surface area (Å²) in [4.78, 5) is 47.1. The molecule has 9 rings (SSSR count). The van der Waals surface area contributed by atoms with Gasteiger partial charge in [-0.2, -0.15) is 0 Å². The highest BCUT2D eigenvalue weighted by Gasteiger charge is 2.42. The first-order valence-corrected chi connectivity index (χ1v) is 18.4. The fraction of sp³-hybridized carbons (Fsp3) is 0.366. The number of alkyl carbamates (subject to hydrolysis) is 1. The van der Waals surface area contributed by atoms with E-state index in [0.717, 1.165) is 72.8 Å². The normalized spacial score (nSPS) is 22.8. The van der Waals surface area contributed by atoms with Crippen molar-refractivity contribution in [3.05, 3.63) is 107 Å². The van der Waals surface area contributed by atoms with Crippen LogP contribution < -0.4 is 5.32 Å². The number of H-pyrrole nitrogens is 2. The minimum Gasteiger partial charge on any atom is -0.453 e. The Morgan fingerprint density at radius 3 is 2.15 bits per heavy atom. The summed E-state index contributed by atoms with van der Waals surface area (Å²) in [5.74, 6) is 1.60. The van der Waals surface area contributed by atoms with Gasteiger partial charge in [0.1, 0.15) is 17.7 Å². The number of nitrogens with one attached hydrogen (secondary N) is 3. The molecule has 2 bridgehead atoms. The number of imidazole rings is 2. The van der Waals surface area contributed by atoms with Gasteiger partial charge in [-0.1, -0.05) is 66.7 Å². The zero-order chi connectivity index (χ0) is 35.3. The number of nitrogens with zero attached hydrogens (tertiary/aromatic N) is 4. The van der Waals surface area contributed by atoms with Gasteiger partial charge in [-0.3, -0.25) is 9.69 Å². The van der Waals surface area contributed by atoms with Crippen LogP contribution in [-0.4, -0.2) is 69.0 Å². The van der Waals surface area contributed by atoms with Gasteiger partial charge in [0.15, 0.2) is 0 Å². The minimum absolute atomic E-state index is 0.106. The summed E-state index contributed by atoms with van der Waals surface area (Å²) in [6.45, 7) is 1.69. The Balaban J connectivity index is 0.960. The molecule has 266 valence electrons. The van der Waals surface area contributed by atoms with Crippen molar-refractivity contribution in [3.8, 4) is 33.6 Å². The Kier molecular flexibility index (Phi) is 8.39. The molecular weight excluding hydrogens is 654 g/mol. The number of hydrogen-bond donors (Lipinski definition) is 3. The van der Waals surface area contributed by atoms with Crippen molar-refractivity contribution in [1.82, 2.24) is 35.1 Å². The van der Waals surface area contributed by atoms with Crippen LogP contribution in [0.3, 0.4) is 0 Å². The van der Waals surface area contributed by atoms with Crippen LogP contribution in [0.25, 0.3) is 33.6 Å². The fourth-order valence-electron chi connectivity index (χ4n) is 8.85. The van der Waals surface area contributed by atoms with Crippen molar-refractivity contribution in [3.63, 3.8) is 0 Å². The summed E-state index contributed by atoms with van der Waals surface area (Å²) in [6, 6.07) is 21.6. The minimum atomic E-state index is -0.858. The van der Waals surface area contributed by atoms with Crippen LogP contribution in [0, 0.1) is 0 Å². The van der Waals surface area contributed by atoms with E-state index in [2.05, 4.69) is 63.6 Å². The molecule has 6 heterocycles. The molecule has 4 aliphatic rings. The average molecular weight is 698 g/mol. The highest BCUT2D eigenvalue weighted by Crippen LogP contribution is 2.56. The van der Waals surface area contributed by atoms with E-state index in [9.17, 15) is 9.59 Å². The number of aromatic amines is 2. The molecule has 5 atom stereocenters. The Labute approximate surface area is 302 Å². The van der Waals surface area contributed by atoms with Crippen LogP contribution in [0.2, 0.25) is 0 Å². The molecule has 3 fully saturated rings. The molecule has 52 heavy (non-hydrogen) atoms. The first kappa shape index (κ1) is 32.6. The third-order valence-electron chi connectivity index (χ3n) is 11.5. The lowest BCUT2D eigenvalue weighted by Gasteiger charge is -2.28. The van der Waals surface area contributed by atoms with Crippen molar-refractivity contribution in [2.75, 3.05) is 27.2 Å². The zero-order valence-corrected chi connectivity index (χ0v) is 29.5. The Morgan fingerprint density at radius 2 is 1.42 bits per heavy atom. The first-order chi connectivity index (χ1) is 25.5. The topological polar surface area (TPSA) is 128 Å². The molecule has 0 radical (unpaired) electrons.